The van der Waals surface area contributed by atoms with Gasteiger partial charge in [-0.05, 0) is 38.3 Å². The minimum Gasteiger partial charge on any atom is -0.336 e. The summed E-state index contributed by atoms with van der Waals surface area (Å²) in [5, 5.41) is 3.04. The van der Waals surface area contributed by atoms with Crippen LogP contribution in [0.4, 0.5) is 5.69 Å². The molecule has 2 aliphatic rings. The maximum Gasteiger partial charge on any atom is 0.237 e. The molecular formula is C22H26N4O2. The molecule has 1 N–H and O–H groups in total. The van der Waals surface area contributed by atoms with Crippen molar-refractivity contribution < 1.29 is 9.59 Å². The second-order valence-electron chi connectivity index (χ2n) is 7.93. The van der Waals surface area contributed by atoms with E-state index in [1.165, 1.54) is 5.57 Å². The van der Waals surface area contributed by atoms with Gasteiger partial charge >= 0.3 is 0 Å². The predicted molar refractivity (Wildman–Crippen MR) is 108 cm³/mol. The number of para-hydroxylation sites is 1. The van der Waals surface area contributed by atoms with Crippen LogP contribution in [0.1, 0.15) is 50.5 Å². The number of likely N-dealkylation sites (tertiary alicyclic amines) is 1. The largest absolute Gasteiger partial charge is 0.336 e. The van der Waals surface area contributed by atoms with Crippen molar-refractivity contribution in [1.29, 1.82) is 0 Å². The fourth-order valence-electron chi connectivity index (χ4n) is 4.58. The Bertz CT molecular complexity index is 957. The summed E-state index contributed by atoms with van der Waals surface area (Å²) in [7, 11) is 1.92. The van der Waals surface area contributed by atoms with E-state index in [9.17, 15) is 9.59 Å². The zero-order valence-electron chi connectivity index (χ0n) is 16.6. The van der Waals surface area contributed by atoms with Gasteiger partial charge in [0.05, 0.1) is 0 Å². The van der Waals surface area contributed by atoms with Crippen molar-refractivity contribution in [2.75, 3.05) is 11.9 Å². The summed E-state index contributed by atoms with van der Waals surface area (Å²) < 4.78 is 1.92. The lowest BCUT2D eigenvalue weighted by molar-refractivity contribution is -0.133. The Balaban J connectivity index is 1.77. The second-order valence-corrected chi connectivity index (χ2v) is 7.93. The highest BCUT2D eigenvalue weighted by Gasteiger charge is 2.60. The summed E-state index contributed by atoms with van der Waals surface area (Å²) in [6.45, 7) is 4.62. The Morgan fingerprint density at radius 2 is 2.14 bits per heavy atom. The van der Waals surface area contributed by atoms with E-state index in [-0.39, 0.29) is 11.8 Å². The molecule has 0 bridgehead atoms. The number of fused-ring (bicyclic) bond motifs is 2. The van der Waals surface area contributed by atoms with Gasteiger partial charge in [0.2, 0.25) is 11.8 Å². The molecule has 0 radical (unpaired) electrons. The zero-order chi connectivity index (χ0) is 19.9. The summed E-state index contributed by atoms with van der Waals surface area (Å²) >= 11 is 0. The average Bonchev–Trinajstić information content (AvgIpc) is 3.32. The van der Waals surface area contributed by atoms with Crippen molar-refractivity contribution in [3.8, 4) is 0 Å². The second kappa shape index (κ2) is 6.93. The van der Waals surface area contributed by atoms with E-state index in [0.29, 0.717) is 25.8 Å². The van der Waals surface area contributed by atoms with Gasteiger partial charge in [-0.3, -0.25) is 9.59 Å². The van der Waals surface area contributed by atoms with E-state index >= 15 is 0 Å². The molecule has 2 atom stereocenters. The van der Waals surface area contributed by atoms with Gasteiger partial charge in [-0.1, -0.05) is 29.8 Å². The SMILES string of the molecule is CC(C)=CCCC(=O)N1CC[C@]2(C(=O)Nc3ccccc32)[C@@H]1c1nccn1C. The molecule has 0 aliphatic carbocycles. The van der Waals surface area contributed by atoms with Crippen LogP contribution in [0.3, 0.4) is 0 Å². The molecule has 2 aromatic rings. The maximum absolute atomic E-state index is 13.2. The highest BCUT2D eigenvalue weighted by Crippen LogP contribution is 2.54. The van der Waals surface area contributed by atoms with E-state index in [1.807, 2.05) is 60.8 Å². The third-order valence-corrected chi connectivity index (χ3v) is 5.92. The van der Waals surface area contributed by atoms with E-state index in [0.717, 1.165) is 17.1 Å². The van der Waals surface area contributed by atoms with Crippen LogP contribution in [-0.4, -0.2) is 32.8 Å². The molecule has 146 valence electrons. The summed E-state index contributed by atoms with van der Waals surface area (Å²) in [5.74, 6) is 0.778. The molecule has 1 spiro atoms. The summed E-state index contributed by atoms with van der Waals surface area (Å²) in [6.07, 6.45) is 7.42. The number of imidazole rings is 1. The lowest BCUT2D eigenvalue weighted by Gasteiger charge is -2.33. The molecule has 1 saturated heterocycles. The van der Waals surface area contributed by atoms with Crippen molar-refractivity contribution in [2.45, 2.75) is 44.6 Å². The molecule has 0 saturated carbocycles. The first-order valence-corrected chi connectivity index (χ1v) is 9.76. The number of anilines is 1. The summed E-state index contributed by atoms with van der Waals surface area (Å²) in [6, 6.07) is 7.40. The maximum atomic E-state index is 13.2. The first-order chi connectivity index (χ1) is 13.4. The predicted octanol–water partition coefficient (Wildman–Crippen LogP) is 3.33. The van der Waals surface area contributed by atoms with Crippen molar-refractivity contribution in [2.24, 2.45) is 7.05 Å². The van der Waals surface area contributed by atoms with Gasteiger partial charge < -0.3 is 14.8 Å². The first kappa shape index (κ1) is 18.5. The van der Waals surface area contributed by atoms with E-state index in [2.05, 4.69) is 16.4 Å². The number of rotatable bonds is 4. The molecule has 1 fully saturated rings. The van der Waals surface area contributed by atoms with Crippen molar-refractivity contribution in [3.05, 3.63) is 59.7 Å². The third-order valence-electron chi connectivity index (χ3n) is 5.92. The lowest BCUT2D eigenvalue weighted by Crippen LogP contribution is -2.43. The number of hydrogen-bond acceptors (Lipinski definition) is 3. The molecule has 4 rings (SSSR count). The van der Waals surface area contributed by atoms with Gasteiger partial charge in [0.1, 0.15) is 17.3 Å². The molecule has 28 heavy (non-hydrogen) atoms. The van der Waals surface area contributed by atoms with Crippen LogP contribution < -0.4 is 5.32 Å². The van der Waals surface area contributed by atoms with Gasteiger partial charge in [0.15, 0.2) is 0 Å². The Morgan fingerprint density at radius 1 is 1.36 bits per heavy atom. The number of nitrogens with zero attached hydrogens (tertiary/aromatic N) is 3. The van der Waals surface area contributed by atoms with Crippen LogP contribution in [0.15, 0.2) is 48.3 Å². The number of aromatic nitrogens is 2. The molecule has 2 aliphatic heterocycles. The number of hydrogen-bond donors (Lipinski definition) is 1. The van der Waals surface area contributed by atoms with Gasteiger partial charge in [-0.15, -0.1) is 0 Å². The lowest BCUT2D eigenvalue weighted by atomic mass is 9.74. The number of benzene rings is 1. The normalized spacial score (nSPS) is 23.0. The topological polar surface area (TPSA) is 67.2 Å². The number of carbonyl (C=O) groups excluding carboxylic acids is 2. The van der Waals surface area contributed by atoms with Crippen LogP contribution in [0.2, 0.25) is 0 Å². The van der Waals surface area contributed by atoms with E-state index in [1.54, 1.807) is 6.20 Å². The third kappa shape index (κ3) is 2.75. The first-order valence-electron chi connectivity index (χ1n) is 9.76. The summed E-state index contributed by atoms with van der Waals surface area (Å²) in [4.78, 5) is 32.8. The molecule has 6 nitrogen and oxygen atoms in total. The standard InChI is InChI=1S/C22H26N4O2/c1-15(2)7-6-10-18(27)26-13-11-22(19(26)20-23-12-14-25(20)3)16-8-4-5-9-17(16)24-21(22)28/h4-5,7-9,12,14,19H,6,10-11,13H2,1-3H3,(H,24,28)/t19-,22+/m0/s1. The minimum atomic E-state index is -0.790. The minimum absolute atomic E-state index is 0.0405. The van der Waals surface area contributed by atoms with Crippen molar-refractivity contribution in [3.63, 3.8) is 0 Å². The smallest absolute Gasteiger partial charge is 0.237 e. The molecule has 3 heterocycles. The van der Waals surface area contributed by atoms with Gasteiger partial charge in [0, 0.05) is 38.1 Å². The van der Waals surface area contributed by atoms with E-state index in [4.69, 9.17) is 0 Å². The quantitative estimate of drug-likeness (QED) is 0.830. The fraction of sp³-hybridized carbons (Fsp3) is 0.409. The number of aryl methyl sites for hydroxylation is 1. The van der Waals surface area contributed by atoms with Crippen molar-refractivity contribution >= 4 is 17.5 Å². The van der Waals surface area contributed by atoms with Gasteiger partial charge in [-0.2, -0.15) is 0 Å². The molecule has 1 aromatic carbocycles. The van der Waals surface area contributed by atoms with Crippen molar-refractivity contribution in [1.82, 2.24) is 14.5 Å². The monoisotopic (exact) mass is 378 g/mol. The van der Waals surface area contributed by atoms with Crippen LogP contribution in [0.5, 0.6) is 0 Å². The summed E-state index contributed by atoms with van der Waals surface area (Å²) in [5.41, 5.74) is 2.22. The molecular weight excluding hydrogens is 352 g/mol. The Morgan fingerprint density at radius 3 is 2.86 bits per heavy atom. The number of amides is 2. The fourth-order valence-corrected chi connectivity index (χ4v) is 4.58. The van der Waals surface area contributed by atoms with Gasteiger partial charge in [0.25, 0.3) is 0 Å². The number of allylic oxidation sites excluding steroid dienone is 2. The highest BCUT2D eigenvalue weighted by atomic mass is 16.2. The Kier molecular flexibility index (Phi) is 4.57. The van der Waals surface area contributed by atoms with E-state index < -0.39 is 11.5 Å². The molecule has 0 unspecified atom stereocenters. The van der Waals surface area contributed by atoms with Crippen LogP contribution >= 0.6 is 0 Å². The highest BCUT2D eigenvalue weighted by molar-refractivity contribution is 6.07. The Labute approximate surface area is 165 Å². The van der Waals surface area contributed by atoms with Gasteiger partial charge in [-0.25, -0.2) is 4.98 Å². The van der Waals surface area contributed by atoms with Crippen LogP contribution in [0, 0.1) is 0 Å². The average molecular weight is 378 g/mol. The zero-order valence-corrected chi connectivity index (χ0v) is 16.6. The molecule has 1 aromatic heterocycles. The Hall–Kier alpha value is -2.89. The molecule has 2 amide bonds. The molecule has 6 heteroatoms. The van der Waals surface area contributed by atoms with Crippen LogP contribution in [0.25, 0.3) is 0 Å². The van der Waals surface area contributed by atoms with Crippen LogP contribution in [-0.2, 0) is 22.1 Å². The number of carbonyl (C=O) groups is 2. The number of nitrogens with one attached hydrogen (secondary N) is 1.